The number of piperidine rings is 1. The van der Waals surface area contributed by atoms with Crippen LogP contribution in [0.4, 0.5) is 0 Å². The second kappa shape index (κ2) is 7.52. The Morgan fingerprint density at radius 3 is 2.52 bits per heavy atom. The number of likely N-dealkylation sites (tertiary alicyclic amines) is 1. The Labute approximate surface area is 156 Å². The fourth-order valence-electron chi connectivity index (χ4n) is 3.78. The first-order valence-corrected chi connectivity index (χ1v) is 9.31. The Hall–Kier alpha value is -2.67. The molecule has 3 heterocycles. The highest BCUT2D eigenvalue weighted by molar-refractivity contribution is 5.98. The highest BCUT2D eigenvalue weighted by Crippen LogP contribution is 2.32. The fourth-order valence-corrected chi connectivity index (χ4v) is 3.78. The lowest BCUT2D eigenvalue weighted by atomic mass is 9.88. The van der Waals surface area contributed by atoms with Gasteiger partial charge in [0, 0.05) is 31.2 Å². The number of phenols is 1. The number of hydrogen-bond donors (Lipinski definition) is 1. The lowest BCUT2D eigenvalue weighted by molar-refractivity contribution is 0.0625. The maximum absolute atomic E-state index is 12.9. The summed E-state index contributed by atoms with van der Waals surface area (Å²) in [7, 11) is 0. The van der Waals surface area contributed by atoms with Gasteiger partial charge in [0.1, 0.15) is 11.9 Å². The van der Waals surface area contributed by atoms with Crippen LogP contribution in [0.1, 0.15) is 58.4 Å². The molecule has 1 atom stereocenters. The molecule has 2 saturated heterocycles. The number of carbonyl (C=O) groups is 2. The summed E-state index contributed by atoms with van der Waals surface area (Å²) in [6.07, 6.45) is 4.10. The molecule has 0 radical (unpaired) electrons. The summed E-state index contributed by atoms with van der Waals surface area (Å²) in [5.41, 5.74) is 0.917. The first-order valence-electron chi connectivity index (χ1n) is 9.31. The second-order valence-electron chi connectivity index (χ2n) is 7.04. The minimum atomic E-state index is -0.194. The van der Waals surface area contributed by atoms with Crippen LogP contribution in [0.3, 0.4) is 0 Å². The van der Waals surface area contributed by atoms with Gasteiger partial charge in [0.05, 0.1) is 0 Å². The smallest absolute Gasteiger partial charge is 0.276 e. The molecule has 4 rings (SSSR count). The second-order valence-corrected chi connectivity index (χ2v) is 7.04. The zero-order chi connectivity index (χ0) is 18.8. The monoisotopic (exact) mass is 370 g/mol. The molecule has 0 bridgehead atoms. The van der Waals surface area contributed by atoms with Crippen LogP contribution in [0.25, 0.3) is 0 Å². The van der Waals surface area contributed by atoms with Gasteiger partial charge >= 0.3 is 0 Å². The molecule has 1 amide bonds. The van der Waals surface area contributed by atoms with E-state index in [1.54, 1.807) is 17.0 Å². The van der Waals surface area contributed by atoms with Gasteiger partial charge in [-0.05, 0) is 49.9 Å². The van der Waals surface area contributed by atoms with Gasteiger partial charge in [-0.1, -0.05) is 0 Å². The summed E-state index contributed by atoms with van der Waals surface area (Å²) < 4.78 is 11.0. The first-order chi connectivity index (χ1) is 13.1. The maximum atomic E-state index is 12.9. The van der Waals surface area contributed by atoms with Gasteiger partial charge in [-0.25, -0.2) is 4.98 Å². The van der Waals surface area contributed by atoms with Gasteiger partial charge in [-0.15, -0.1) is 0 Å². The molecule has 0 saturated carbocycles. The molecule has 2 aliphatic rings. The van der Waals surface area contributed by atoms with Crippen LogP contribution < -0.4 is 0 Å². The number of aromatic hydroxyl groups is 1. The van der Waals surface area contributed by atoms with E-state index in [9.17, 15) is 14.7 Å². The maximum Gasteiger partial charge on any atom is 0.276 e. The Bertz CT molecular complexity index is 815. The van der Waals surface area contributed by atoms with Crippen LogP contribution >= 0.6 is 0 Å². The summed E-state index contributed by atoms with van der Waals surface area (Å²) in [6.45, 7) is 1.68. The molecule has 2 fully saturated rings. The van der Waals surface area contributed by atoms with E-state index in [1.807, 2.05) is 0 Å². The standard InChI is InChI=1S/C20H22N2O5/c23-15-5-3-13(4-6-15)18(24)14-7-9-22(10-8-14)20(25)17-19(27-12-21-17)16-2-1-11-26-16/h3-6,12,14,16,23H,1-2,7-11H2. The Kier molecular flexibility index (Phi) is 4.94. The van der Waals surface area contributed by atoms with E-state index in [-0.39, 0.29) is 29.5 Å². The molecular formula is C20H22N2O5. The Balaban J connectivity index is 1.39. The van der Waals surface area contributed by atoms with Crippen molar-refractivity contribution in [2.45, 2.75) is 31.8 Å². The molecule has 27 heavy (non-hydrogen) atoms. The number of aromatic nitrogens is 1. The molecular weight excluding hydrogens is 348 g/mol. The number of phenolic OH excluding ortho intramolecular Hbond substituents is 1. The third-order valence-electron chi connectivity index (χ3n) is 5.32. The zero-order valence-electron chi connectivity index (χ0n) is 15.0. The van der Waals surface area contributed by atoms with Crippen LogP contribution in [-0.2, 0) is 4.74 Å². The van der Waals surface area contributed by atoms with Crippen LogP contribution in [-0.4, -0.2) is 46.4 Å². The van der Waals surface area contributed by atoms with E-state index in [2.05, 4.69) is 4.98 Å². The van der Waals surface area contributed by atoms with Gasteiger partial charge in [-0.2, -0.15) is 0 Å². The van der Waals surface area contributed by atoms with Crippen molar-refractivity contribution in [3.63, 3.8) is 0 Å². The van der Waals surface area contributed by atoms with Crippen LogP contribution in [0.15, 0.2) is 35.1 Å². The molecule has 142 valence electrons. The van der Waals surface area contributed by atoms with E-state index >= 15 is 0 Å². The van der Waals surface area contributed by atoms with Crippen molar-refractivity contribution < 1.29 is 23.8 Å². The number of hydrogen-bond acceptors (Lipinski definition) is 6. The molecule has 2 aromatic rings. The van der Waals surface area contributed by atoms with Crippen LogP contribution in [0.5, 0.6) is 5.75 Å². The van der Waals surface area contributed by atoms with Crippen molar-refractivity contribution in [3.05, 3.63) is 47.7 Å². The summed E-state index contributed by atoms with van der Waals surface area (Å²) in [5, 5.41) is 9.36. The minimum absolute atomic E-state index is 0.0589. The summed E-state index contributed by atoms with van der Waals surface area (Å²) in [5.74, 6) is 0.434. The largest absolute Gasteiger partial charge is 0.508 e. The number of amides is 1. The van der Waals surface area contributed by atoms with Crippen molar-refractivity contribution in [2.75, 3.05) is 19.7 Å². The average molecular weight is 370 g/mol. The van der Waals surface area contributed by atoms with Gasteiger partial charge in [-0.3, -0.25) is 9.59 Å². The Morgan fingerprint density at radius 1 is 1.11 bits per heavy atom. The van der Waals surface area contributed by atoms with E-state index in [1.165, 1.54) is 18.5 Å². The number of nitrogens with zero attached hydrogens (tertiary/aromatic N) is 2. The molecule has 1 unspecified atom stereocenters. The number of carbonyl (C=O) groups excluding carboxylic acids is 2. The van der Waals surface area contributed by atoms with Crippen molar-refractivity contribution in [1.82, 2.24) is 9.88 Å². The predicted molar refractivity (Wildman–Crippen MR) is 95.5 cm³/mol. The Morgan fingerprint density at radius 2 is 1.85 bits per heavy atom. The molecule has 7 heteroatoms. The SMILES string of the molecule is O=C(c1ccc(O)cc1)C1CCN(C(=O)c2ncoc2C2CCCO2)CC1. The summed E-state index contributed by atoms with van der Waals surface area (Å²) in [4.78, 5) is 31.3. The van der Waals surface area contributed by atoms with Gasteiger partial charge in [0.25, 0.3) is 5.91 Å². The molecule has 7 nitrogen and oxygen atoms in total. The van der Waals surface area contributed by atoms with Crippen molar-refractivity contribution >= 4 is 11.7 Å². The van der Waals surface area contributed by atoms with Gasteiger partial charge < -0.3 is 19.2 Å². The van der Waals surface area contributed by atoms with E-state index in [0.717, 1.165) is 12.8 Å². The normalized spacial score (nSPS) is 20.7. The zero-order valence-corrected chi connectivity index (χ0v) is 15.0. The van der Waals surface area contributed by atoms with Crippen LogP contribution in [0, 0.1) is 5.92 Å². The number of benzene rings is 1. The highest BCUT2D eigenvalue weighted by Gasteiger charge is 2.33. The third kappa shape index (κ3) is 3.60. The van der Waals surface area contributed by atoms with Crippen molar-refractivity contribution in [3.8, 4) is 5.75 Å². The number of rotatable bonds is 4. The van der Waals surface area contributed by atoms with Crippen LogP contribution in [0.2, 0.25) is 0 Å². The van der Waals surface area contributed by atoms with Crippen molar-refractivity contribution in [1.29, 1.82) is 0 Å². The lowest BCUT2D eigenvalue weighted by Gasteiger charge is -2.31. The fraction of sp³-hybridized carbons (Fsp3) is 0.450. The summed E-state index contributed by atoms with van der Waals surface area (Å²) in [6, 6.07) is 6.31. The summed E-state index contributed by atoms with van der Waals surface area (Å²) >= 11 is 0. The average Bonchev–Trinajstić information content (AvgIpc) is 3.39. The molecule has 0 aliphatic carbocycles. The molecule has 1 aromatic heterocycles. The molecule has 0 spiro atoms. The molecule has 1 N–H and O–H groups in total. The van der Waals surface area contributed by atoms with E-state index < -0.39 is 0 Å². The van der Waals surface area contributed by atoms with E-state index in [4.69, 9.17) is 9.15 Å². The number of ketones is 1. The van der Waals surface area contributed by atoms with E-state index in [0.29, 0.717) is 49.6 Å². The first kappa shape index (κ1) is 17.7. The number of oxazole rings is 1. The number of ether oxygens (including phenoxy) is 1. The third-order valence-corrected chi connectivity index (χ3v) is 5.32. The quantitative estimate of drug-likeness (QED) is 0.832. The molecule has 1 aromatic carbocycles. The highest BCUT2D eigenvalue weighted by atomic mass is 16.5. The number of Topliss-reactive ketones (excluding diaryl/α,β-unsaturated/α-hetero) is 1. The van der Waals surface area contributed by atoms with Crippen molar-refractivity contribution in [2.24, 2.45) is 5.92 Å². The van der Waals surface area contributed by atoms with Gasteiger partial charge in [0.15, 0.2) is 23.6 Å². The topological polar surface area (TPSA) is 92.9 Å². The predicted octanol–water partition coefficient (Wildman–Crippen LogP) is 2.97. The molecule has 2 aliphatic heterocycles. The minimum Gasteiger partial charge on any atom is -0.508 e. The van der Waals surface area contributed by atoms with Gasteiger partial charge in [0.2, 0.25) is 0 Å². The lowest BCUT2D eigenvalue weighted by Crippen LogP contribution is -2.40.